The Morgan fingerprint density at radius 2 is 1.90 bits per heavy atom. The van der Waals surface area contributed by atoms with Crippen molar-refractivity contribution in [1.82, 2.24) is 0 Å². The van der Waals surface area contributed by atoms with Crippen LogP contribution < -0.4 is 14.2 Å². The van der Waals surface area contributed by atoms with E-state index in [1.165, 1.54) is 0 Å². The Bertz CT molecular complexity index is 950. The maximum absolute atomic E-state index is 12.2. The highest BCUT2D eigenvalue weighted by Crippen LogP contribution is 2.37. The molecule has 1 aliphatic heterocycles. The lowest BCUT2D eigenvalue weighted by molar-refractivity contribution is -0.129. The van der Waals surface area contributed by atoms with E-state index in [1.54, 1.807) is 56.7 Å². The minimum atomic E-state index is -0.533. The molecule has 7 heteroatoms. The molecule has 0 spiro atoms. The van der Waals surface area contributed by atoms with Crippen molar-refractivity contribution in [1.29, 1.82) is 0 Å². The largest absolute Gasteiger partial charge is 0.497 e. The number of aliphatic imine (C=N–C) groups is 1. The molecule has 0 aromatic heterocycles. The van der Waals surface area contributed by atoms with Gasteiger partial charge < -0.3 is 18.9 Å². The Balaban J connectivity index is 1.87. The van der Waals surface area contributed by atoms with Gasteiger partial charge in [0.2, 0.25) is 5.90 Å². The zero-order valence-electron chi connectivity index (χ0n) is 16.5. The molecule has 0 fully saturated rings. The Labute approximate surface area is 174 Å². The predicted octanol–water partition coefficient (Wildman–Crippen LogP) is 4.88. The minimum Gasteiger partial charge on any atom is -0.497 e. The molecule has 0 atom stereocenters. The van der Waals surface area contributed by atoms with Crippen molar-refractivity contribution < 1.29 is 23.7 Å². The maximum Gasteiger partial charge on any atom is 0.363 e. The topological polar surface area (TPSA) is 66.3 Å². The number of carbonyl (C=O) groups excluding carboxylic acids is 1. The van der Waals surface area contributed by atoms with Gasteiger partial charge in [-0.3, -0.25) is 0 Å². The minimum absolute atomic E-state index is 0.175. The molecule has 0 N–H and O–H groups in total. The van der Waals surface area contributed by atoms with Gasteiger partial charge >= 0.3 is 5.97 Å². The number of ether oxygens (including phenoxy) is 4. The summed E-state index contributed by atoms with van der Waals surface area (Å²) in [5, 5.41) is 0.401. The number of esters is 1. The van der Waals surface area contributed by atoms with Crippen LogP contribution >= 0.6 is 11.6 Å². The first-order valence-corrected chi connectivity index (χ1v) is 9.60. The summed E-state index contributed by atoms with van der Waals surface area (Å²) in [7, 11) is 3.13. The van der Waals surface area contributed by atoms with Crippen LogP contribution in [0.5, 0.6) is 17.2 Å². The summed E-state index contributed by atoms with van der Waals surface area (Å²) >= 11 is 6.37. The fourth-order valence-electron chi connectivity index (χ4n) is 2.71. The second-order valence-corrected chi connectivity index (χ2v) is 6.71. The van der Waals surface area contributed by atoms with Crippen LogP contribution in [0.15, 0.2) is 47.1 Å². The quantitative estimate of drug-likeness (QED) is 0.349. The number of unbranched alkanes of at least 4 members (excludes halogenated alkanes) is 1. The second kappa shape index (κ2) is 9.47. The van der Waals surface area contributed by atoms with E-state index in [9.17, 15) is 4.79 Å². The summed E-state index contributed by atoms with van der Waals surface area (Å²) in [6.07, 6.45) is 3.53. The zero-order valence-corrected chi connectivity index (χ0v) is 17.3. The van der Waals surface area contributed by atoms with Crippen molar-refractivity contribution in [2.75, 3.05) is 20.8 Å². The van der Waals surface area contributed by atoms with Crippen LogP contribution in [0.25, 0.3) is 6.08 Å². The average molecular weight is 416 g/mol. The first kappa shape index (κ1) is 20.7. The van der Waals surface area contributed by atoms with Crippen molar-refractivity contribution in [2.24, 2.45) is 4.99 Å². The van der Waals surface area contributed by atoms with Gasteiger partial charge in [0.05, 0.1) is 25.8 Å². The lowest BCUT2D eigenvalue weighted by Crippen LogP contribution is -2.05. The summed E-state index contributed by atoms with van der Waals surface area (Å²) in [5.74, 6) is 1.39. The van der Waals surface area contributed by atoms with Gasteiger partial charge in [0.1, 0.15) is 5.75 Å². The van der Waals surface area contributed by atoms with Gasteiger partial charge in [0.25, 0.3) is 0 Å². The molecule has 0 saturated carbocycles. The average Bonchev–Trinajstić information content (AvgIpc) is 3.09. The number of cyclic esters (lactones) is 1. The predicted molar refractivity (Wildman–Crippen MR) is 112 cm³/mol. The third kappa shape index (κ3) is 4.90. The van der Waals surface area contributed by atoms with Crippen molar-refractivity contribution in [3.63, 3.8) is 0 Å². The van der Waals surface area contributed by atoms with Crippen LogP contribution in [0.1, 0.15) is 30.9 Å². The van der Waals surface area contributed by atoms with Crippen molar-refractivity contribution in [3.05, 3.63) is 58.2 Å². The molecule has 0 unspecified atom stereocenters. The van der Waals surface area contributed by atoms with Crippen molar-refractivity contribution >= 4 is 29.5 Å². The fourth-order valence-corrected chi connectivity index (χ4v) is 2.98. The number of benzene rings is 2. The van der Waals surface area contributed by atoms with Gasteiger partial charge in [-0.1, -0.05) is 24.9 Å². The summed E-state index contributed by atoms with van der Waals surface area (Å²) in [6.45, 7) is 2.63. The standard InChI is InChI=1S/C22H22ClNO5/c1-4-5-10-28-20-17(23)11-14(13-19(20)27-3)12-18-22(25)29-21(24-18)15-6-8-16(26-2)9-7-15/h6-9,11-13H,4-5,10H2,1-3H3. The normalized spacial score (nSPS) is 14.6. The Morgan fingerprint density at radius 3 is 2.55 bits per heavy atom. The highest BCUT2D eigenvalue weighted by molar-refractivity contribution is 6.32. The van der Waals surface area contributed by atoms with Gasteiger partial charge in [0.15, 0.2) is 17.2 Å². The third-order valence-corrected chi connectivity index (χ3v) is 4.54. The van der Waals surface area contributed by atoms with E-state index in [4.69, 9.17) is 30.5 Å². The molecule has 0 saturated heterocycles. The van der Waals surface area contributed by atoms with Crippen molar-refractivity contribution in [2.45, 2.75) is 19.8 Å². The highest BCUT2D eigenvalue weighted by Gasteiger charge is 2.24. The number of halogens is 1. The molecule has 2 aromatic rings. The molecule has 2 aromatic carbocycles. The Morgan fingerprint density at radius 1 is 1.14 bits per heavy atom. The molecule has 1 aliphatic rings. The molecule has 0 amide bonds. The van der Waals surface area contributed by atoms with Crippen LogP contribution in [-0.2, 0) is 9.53 Å². The number of carbonyl (C=O) groups is 1. The van der Waals surface area contributed by atoms with Crippen LogP contribution in [0.3, 0.4) is 0 Å². The number of nitrogens with zero attached hydrogens (tertiary/aromatic N) is 1. The van der Waals surface area contributed by atoms with Crippen LogP contribution in [0.2, 0.25) is 5.02 Å². The molecule has 6 nitrogen and oxygen atoms in total. The Kier molecular flexibility index (Phi) is 6.77. The molecule has 0 bridgehead atoms. The first-order valence-electron chi connectivity index (χ1n) is 9.23. The van der Waals surface area contributed by atoms with Gasteiger partial charge in [-0.25, -0.2) is 9.79 Å². The Hall–Kier alpha value is -2.99. The molecule has 0 aliphatic carbocycles. The zero-order chi connectivity index (χ0) is 20.8. The highest BCUT2D eigenvalue weighted by atomic mass is 35.5. The van der Waals surface area contributed by atoms with E-state index < -0.39 is 5.97 Å². The molecular formula is C22H22ClNO5. The lowest BCUT2D eigenvalue weighted by atomic mass is 10.1. The van der Waals surface area contributed by atoms with E-state index in [-0.39, 0.29) is 11.6 Å². The number of hydrogen-bond acceptors (Lipinski definition) is 6. The van der Waals surface area contributed by atoms with Gasteiger partial charge in [0, 0.05) is 5.56 Å². The summed E-state index contributed by atoms with van der Waals surface area (Å²) < 4.78 is 21.6. The molecule has 29 heavy (non-hydrogen) atoms. The molecular weight excluding hydrogens is 394 g/mol. The van der Waals surface area contributed by atoms with Gasteiger partial charge in [-0.05, 0) is 54.5 Å². The molecule has 0 radical (unpaired) electrons. The molecule has 152 valence electrons. The van der Waals surface area contributed by atoms with Crippen LogP contribution in [0, 0.1) is 0 Å². The summed E-state index contributed by atoms with van der Waals surface area (Å²) in [6, 6.07) is 10.5. The summed E-state index contributed by atoms with van der Waals surface area (Å²) in [4.78, 5) is 16.6. The number of methoxy groups -OCH3 is 2. The first-order chi connectivity index (χ1) is 14.0. The molecule has 1 heterocycles. The monoisotopic (exact) mass is 415 g/mol. The van der Waals surface area contributed by atoms with E-state index >= 15 is 0 Å². The fraction of sp³-hybridized carbons (Fsp3) is 0.273. The van der Waals surface area contributed by atoms with E-state index in [0.717, 1.165) is 12.8 Å². The van der Waals surface area contributed by atoms with E-state index in [1.807, 2.05) is 0 Å². The van der Waals surface area contributed by atoms with Gasteiger partial charge in [-0.2, -0.15) is 0 Å². The van der Waals surface area contributed by atoms with E-state index in [0.29, 0.717) is 40.0 Å². The van der Waals surface area contributed by atoms with Gasteiger partial charge in [-0.15, -0.1) is 0 Å². The lowest BCUT2D eigenvalue weighted by Gasteiger charge is -2.13. The number of rotatable bonds is 8. The van der Waals surface area contributed by atoms with Crippen LogP contribution in [-0.4, -0.2) is 32.7 Å². The van der Waals surface area contributed by atoms with E-state index in [2.05, 4.69) is 11.9 Å². The SMILES string of the molecule is CCCCOc1c(Cl)cc(C=C2N=C(c3ccc(OC)cc3)OC2=O)cc1OC. The summed E-state index contributed by atoms with van der Waals surface area (Å²) in [5.41, 5.74) is 1.51. The van der Waals surface area contributed by atoms with Crippen molar-refractivity contribution in [3.8, 4) is 17.2 Å². The second-order valence-electron chi connectivity index (χ2n) is 6.30. The third-order valence-electron chi connectivity index (χ3n) is 4.26. The maximum atomic E-state index is 12.2. The molecule has 3 rings (SSSR count). The number of hydrogen-bond donors (Lipinski definition) is 0. The van der Waals surface area contributed by atoms with Crippen LogP contribution in [0.4, 0.5) is 0 Å². The smallest absolute Gasteiger partial charge is 0.363 e.